The molecule has 0 aliphatic carbocycles. The van der Waals surface area contributed by atoms with Gasteiger partial charge in [-0.3, -0.25) is 4.79 Å². The molecule has 1 aliphatic heterocycles. The monoisotopic (exact) mass is 275 g/mol. The van der Waals surface area contributed by atoms with Gasteiger partial charge < -0.3 is 14.8 Å². The highest BCUT2D eigenvalue weighted by Gasteiger charge is 2.32. The molecule has 1 aliphatic rings. The van der Waals surface area contributed by atoms with Crippen molar-refractivity contribution in [2.75, 3.05) is 14.2 Å². The van der Waals surface area contributed by atoms with E-state index in [-0.39, 0.29) is 18.2 Å². The quantitative estimate of drug-likeness (QED) is 0.853. The number of allylic oxidation sites excluding steroid dienone is 1. The van der Waals surface area contributed by atoms with Crippen LogP contribution in [0, 0.1) is 0 Å². The number of carbonyl (C=O) groups is 2. The van der Waals surface area contributed by atoms with E-state index in [0.29, 0.717) is 17.0 Å². The van der Waals surface area contributed by atoms with E-state index in [9.17, 15) is 9.59 Å². The Labute approximate surface area is 117 Å². The first-order valence-electron chi connectivity index (χ1n) is 6.29. The number of nitrogens with one attached hydrogen (secondary N) is 1. The van der Waals surface area contributed by atoms with E-state index in [1.807, 2.05) is 24.3 Å². The van der Waals surface area contributed by atoms with Crippen LogP contribution < -0.4 is 10.1 Å². The maximum atomic E-state index is 12.0. The molecule has 0 aromatic heterocycles. The number of hydrogen-bond acceptors (Lipinski definition) is 4. The van der Waals surface area contributed by atoms with E-state index >= 15 is 0 Å². The maximum absolute atomic E-state index is 12.0. The number of amides is 1. The zero-order chi connectivity index (χ0) is 14.7. The molecule has 1 atom stereocenters. The SMILES string of the molecule is COC(=O)C1=C(C)NC(=O)CC1c1cccc(OC)c1. The molecule has 2 rings (SSSR count). The lowest BCUT2D eigenvalue weighted by Crippen LogP contribution is -2.34. The van der Waals surface area contributed by atoms with E-state index < -0.39 is 5.97 Å². The minimum atomic E-state index is -0.421. The number of benzene rings is 1. The summed E-state index contributed by atoms with van der Waals surface area (Å²) in [6, 6.07) is 7.37. The number of esters is 1. The summed E-state index contributed by atoms with van der Waals surface area (Å²) >= 11 is 0. The number of ether oxygens (including phenoxy) is 2. The number of carbonyl (C=O) groups excluding carboxylic acids is 2. The molecule has 106 valence electrons. The predicted molar refractivity (Wildman–Crippen MR) is 73.2 cm³/mol. The summed E-state index contributed by atoms with van der Waals surface area (Å²) in [6.45, 7) is 1.70. The lowest BCUT2D eigenvalue weighted by Gasteiger charge is -2.26. The molecule has 0 spiro atoms. The summed E-state index contributed by atoms with van der Waals surface area (Å²) in [6.07, 6.45) is 0.217. The van der Waals surface area contributed by atoms with Crippen molar-refractivity contribution in [3.63, 3.8) is 0 Å². The van der Waals surface area contributed by atoms with Crippen molar-refractivity contribution >= 4 is 11.9 Å². The molecular weight excluding hydrogens is 258 g/mol. The molecule has 1 heterocycles. The molecule has 1 unspecified atom stereocenters. The van der Waals surface area contributed by atoms with Crippen LogP contribution in [0.15, 0.2) is 35.5 Å². The number of methoxy groups -OCH3 is 2. The Morgan fingerprint density at radius 1 is 1.35 bits per heavy atom. The van der Waals surface area contributed by atoms with Gasteiger partial charge in [-0.05, 0) is 24.6 Å². The lowest BCUT2D eigenvalue weighted by molar-refractivity contribution is -0.136. The van der Waals surface area contributed by atoms with Crippen molar-refractivity contribution in [2.45, 2.75) is 19.3 Å². The predicted octanol–water partition coefficient (Wildman–Crippen LogP) is 1.75. The van der Waals surface area contributed by atoms with Crippen LogP contribution >= 0.6 is 0 Å². The molecule has 1 aromatic carbocycles. The second kappa shape index (κ2) is 5.77. The molecular formula is C15H17NO4. The van der Waals surface area contributed by atoms with Gasteiger partial charge in [-0.25, -0.2) is 4.79 Å². The van der Waals surface area contributed by atoms with Gasteiger partial charge in [0.05, 0.1) is 19.8 Å². The van der Waals surface area contributed by atoms with Gasteiger partial charge in [0.25, 0.3) is 0 Å². The van der Waals surface area contributed by atoms with E-state index in [1.54, 1.807) is 14.0 Å². The normalized spacial score (nSPS) is 18.6. The van der Waals surface area contributed by atoms with Crippen LogP contribution in [-0.4, -0.2) is 26.1 Å². The third-order valence-electron chi connectivity index (χ3n) is 3.37. The molecule has 5 heteroatoms. The van der Waals surface area contributed by atoms with Gasteiger partial charge >= 0.3 is 5.97 Å². The van der Waals surface area contributed by atoms with Crippen molar-refractivity contribution < 1.29 is 19.1 Å². The Hall–Kier alpha value is -2.30. The van der Waals surface area contributed by atoms with Crippen molar-refractivity contribution in [3.8, 4) is 5.75 Å². The third-order valence-corrected chi connectivity index (χ3v) is 3.37. The first-order chi connectivity index (χ1) is 9.56. The summed E-state index contributed by atoms with van der Waals surface area (Å²) in [5, 5.41) is 2.68. The highest BCUT2D eigenvalue weighted by Crippen LogP contribution is 2.34. The minimum absolute atomic E-state index is 0.108. The molecule has 20 heavy (non-hydrogen) atoms. The van der Waals surface area contributed by atoms with Crippen LogP contribution in [0.4, 0.5) is 0 Å². The van der Waals surface area contributed by atoms with Gasteiger partial charge in [-0.2, -0.15) is 0 Å². The lowest BCUT2D eigenvalue weighted by atomic mass is 9.84. The second-order valence-electron chi connectivity index (χ2n) is 4.61. The fourth-order valence-electron chi connectivity index (χ4n) is 2.42. The highest BCUT2D eigenvalue weighted by molar-refractivity contribution is 5.95. The molecule has 5 nitrogen and oxygen atoms in total. The van der Waals surface area contributed by atoms with Crippen LogP contribution in [0.25, 0.3) is 0 Å². The van der Waals surface area contributed by atoms with E-state index in [2.05, 4.69) is 5.32 Å². The summed E-state index contributed by atoms with van der Waals surface area (Å²) in [7, 11) is 2.91. The molecule has 0 saturated carbocycles. The molecule has 0 radical (unpaired) electrons. The summed E-state index contributed by atoms with van der Waals surface area (Å²) in [5.74, 6) is -0.153. The van der Waals surface area contributed by atoms with Crippen LogP contribution in [0.2, 0.25) is 0 Å². The van der Waals surface area contributed by atoms with Crippen molar-refractivity contribution in [3.05, 3.63) is 41.1 Å². The van der Waals surface area contributed by atoms with E-state index in [0.717, 1.165) is 5.56 Å². The summed E-state index contributed by atoms with van der Waals surface area (Å²) < 4.78 is 10.0. The summed E-state index contributed by atoms with van der Waals surface area (Å²) in [5.41, 5.74) is 1.89. The minimum Gasteiger partial charge on any atom is -0.497 e. The van der Waals surface area contributed by atoms with Crippen LogP contribution in [0.5, 0.6) is 5.75 Å². The zero-order valence-electron chi connectivity index (χ0n) is 11.7. The molecule has 0 fully saturated rings. The number of hydrogen-bond donors (Lipinski definition) is 1. The van der Waals surface area contributed by atoms with Gasteiger partial charge in [0.2, 0.25) is 5.91 Å². The Morgan fingerprint density at radius 2 is 2.10 bits per heavy atom. The average Bonchev–Trinajstić information content (AvgIpc) is 2.45. The molecule has 1 amide bonds. The molecule has 0 saturated heterocycles. The van der Waals surface area contributed by atoms with Gasteiger partial charge in [0, 0.05) is 18.0 Å². The topological polar surface area (TPSA) is 64.6 Å². The third kappa shape index (κ3) is 2.66. The standard InChI is InChI=1S/C15H17NO4/c1-9-14(15(18)20-3)12(8-13(17)16-9)10-5-4-6-11(7-10)19-2/h4-7,12H,8H2,1-3H3,(H,16,17). The van der Waals surface area contributed by atoms with Crippen LogP contribution in [-0.2, 0) is 14.3 Å². The van der Waals surface area contributed by atoms with E-state index in [1.165, 1.54) is 7.11 Å². The van der Waals surface area contributed by atoms with Crippen molar-refractivity contribution in [1.82, 2.24) is 5.32 Å². The van der Waals surface area contributed by atoms with Crippen molar-refractivity contribution in [2.24, 2.45) is 0 Å². The van der Waals surface area contributed by atoms with Gasteiger partial charge in [-0.15, -0.1) is 0 Å². The van der Waals surface area contributed by atoms with E-state index in [4.69, 9.17) is 9.47 Å². The Morgan fingerprint density at radius 3 is 2.75 bits per heavy atom. The van der Waals surface area contributed by atoms with Crippen LogP contribution in [0.1, 0.15) is 24.8 Å². The van der Waals surface area contributed by atoms with Crippen molar-refractivity contribution in [1.29, 1.82) is 0 Å². The first kappa shape index (κ1) is 14.1. The summed E-state index contributed by atoms with van der Waals surface area (Å²) in [4.78, 5) is 23.7. The Bertz CT molecular complexity index is 577. The second-order valence-corrected chi connectivity index (χ2v) is 4.61. The average molecular weight is 275 g/mol. The van der Waals surface area contributed by atoms with Gasteiger partial charge in [0.1, 0.15) is 5.75 Å². The number of rotatable bonds is 3. The Balaban J connectivity index is 2.48. The Kier molecular flexibility index (Phi) is 4.08. The largest absolute Gasteiger partial charge is 0.497 e. The van der Waals surface area contributed by atoms with Gasteiger partial charge in [0.15, 0.2) is 0 Å². The highest BCUT2D eigenvalue weighted by atomic mass is 16.5. The molecule has 1 N–H and O–H groups in total. The van der Waals surface area contributed by atoms with Crippen LogP contribution in [0.3, 0.4) is 0 Å². The zero-order valence-corrected chi connectivity index (χ0v) is 11.7. The molecule has 0 bridgehead atoms. The van der Waals surface area contributed by atoms with Gasteiger partial charge in [-0.1, -0.05) is 12.1 Å². The molecule has 1 aromatic rings. The maximum Gasteiger partial charge on any atom is 0.336 e. The smallest absolute Gasteiger partial charge is 0.336 e. The fourth-order valence-corrected chi connectivity index (χ4v) is 2.42. The fraction of sp³-hybridized carbons (Fsp3) is 0.333. The first-order valence-corrected chi connectivity index (χ1v) is 6.29.